The lowest BCUT2D eigenvalue weighted by Gasteiger charge is -2.19. The van der Waals surface area contributed by atoms with Gasteiger partial charge in [0.1, 0.15) is 0 Å². The Morgan fingerprint density at radius 2 is 1.88 bits per heavy atom. The largest absolute Gasteiger partial charge is 0.310 e. The van der Waals surface area contributed by atoms with Crippen molar-refractivity contribution in [1.29, 1.82) is 0 Å². The van der Waals surface area contributed by atoms with Gasteiger partial charge in [0, 0.05) is 25.6 Å². The zero-order chi connectivity index (χ0) is 18.2. The number of sulfonamides is 1. The molecule has 0 radical (unpaired) electrons. The van der Waals surface area contributed by atoms with E-state index in [-0.39, 0.29) is 16.5 Å². The number of hydrogen-bond acceptors (Lipinski definition) is 5. The highest BCUT2D eigenvalue weighted by molar-refractivity contribution is 7.92. The van der Waals surface area contributed by atoms with Gasteiger partial charge in [-0.3, -0.25) is 19.6 Å². The third-order valence-electron chi connectivity index (χ3n) is 3.98. The molecule has 0 bridgehead atoms. The van der Waals surface area contributed by atoms with Crippen molar-refractivity contribution in [2.45, 2.75) is 18.2 Å². The van der Waals surface area contributed by atoms with Gasteiger partial charge in [-0.25, -0.2) is 8.42 Å². The number of nitro groups is 1. The number of anilines is 2. The first kappa shape index (κ1) is 16.9. The molecule has 0 saturated heterocycles. The number of benzene rings is 2. The zero-order valence-electron chi connectivity index (χ0n) is 13.3. The molecule has 1 aliphatic rings. The van der Waals surface area contributed by atoms with Gasteiger partial charge in [0.05, 0.1) is 21.2 Å². The lowest BCUT2D eigenvalue weighted by atomic mass is 10.1. The van der Waals surface area contributed by atoms with E-state index >= 15 is 0 Å². The fourth-order valence-electron chi connectivity index (χ4n) is 2.80. The Kier molecular flexibility index (Phi) is 4.17. The van der Waals surface area contributed by atoms with E-state index in [0.29, 0.717) is 24.3 Å². The summed E-state index contributed by atoms with van der Waals surface area (Å²) >= 11 is 0. The van der Waals surface area contributed by atoms with Gasteiger partial charge in [0.2, 0.25) is 5.91 Å². The summed E-state index contributed by atoms with van der Waals surface area (Å²) in [5, 5.41) is 10.7. The molecule has 2 aromatic rings. The molecule has 0 spiro atoms. The number of amides is 1. The lowest BCUT2D eigenvalue weighted by Crippen LogP contribution is -2.27. The molecule has 1 heterocycles. The molecule has 3 rings (SSSR count). The first-order chi connectivity index (χ1) is 11.8. The number of non-ortho nitro benzene ring substituents is 1. The number of rotatable bonds is 4. The van der Waals surface area contributed by atoms with Gasteiger partial charge in [-0.05, 0) is 30.2 Å². The molecule has 1 amide bonds. The summed E-state index contributed by atoms with van der Waals surface area (Å²) < 4.78 is 27.6. The average Bonchev–Trinajstić information content (AvgIpc) is 3.00. The Hall–Kier alpha value is -2.94. The molecule has 1 N–H and O–H groups in total. The van der Waals surface area contributed by atoms with Crippen molar-refractivity contribution < 1.29 is 18.1 Å². The second kappa shape index (κ2) is 6.17. The van der Waals surface area contributed by atoms with Gasteiger partial charge in [0.25, 0.3) is 15.7 Å². The van der Waals surface area contributed by atoms with Crippen LogP contribution in [0.25, 0.3) is 0 Å². The summed E-state index contributed by atoms with van der Waals surface area (Å²) in [7, 11) is -3.94. The first-order valence-electron chi connectivity index (χ1n) is 7.47. The Morgan fingerprint density at radius 1 is 1.20 bits per heavy atom. The van der Waals surface area contributed by atoms with Crippen LogP contribution < -0.4 is 9.62 Å². The van der Waals surface area contributed by atoms with E-state index in [2.05, 4.69) is 4.72 Å². The zero-order valence-corrected chi connectivity index (χ0v) is 14.1. The standard InChI is InChI=1S/C16H15N3O5S/c1-11(20)18-10-9-12-3-2-4-15(16(12)18)17-25(23,24)14-7-5-13(6-8-14)19(21)22/h2-8,17H,9-10H2,1H3. The van der Waals surface area contributed by atoms with Crippen molar-refractivity contribution in [3.05, 3.63) is 58.1 Å². The molecule has 8 nitrogen and oxygen atoms in total. The molecule has 0 atom stereocenters. The van der Waals surface area contributed by atoms with Crippen LogP contribution in [0.5, 0.6) is 0 Å². The second-order valence-electron chi connectivity index (χ2n) is 5.59. The van der Waals surface area contributed by atoms with E-state index in [0.717, 1.165) is 17.7 Å². The normalized spacial score (nSPS) is 13.4. The summed E-state index contributed by atoms with van der Waals surface area (Å²) in [6, 6.07) is 9.76. The van der Waals surface area contributed by atoms with E-state index in [1.54, 1.807) is 12.1 Å². The molecular formula is C16H15N3O5S. The average molecular weight is 361 g/mol. The molecule has 0 fully saturated rings. The predicted molar refractivity (Wildman–Crippen MR) is 92.1 cm³/mol. The van der Waals surface area contributed by atoms with Crippen molar-refractivity contribution in [3.63, 3.8) is 0 Å². The van der Waals surface area contributed by atoms with Crippen LogP contribution in [-0.2, 0) is 21.2 Å². The maximum atomic E-state index is 12.6. The summed E-state index contributed by atoms with van der Waals surface area (Å²) in [6.07, 6.45) is 0.655. The fraction of sp³-hybridized carbons (Fsp3) is 0.188. The van der Waals surface area contributed by atoms with Crippen LogP contribution in [0.4, 0.5) is 17.1 Å². The molecule has 130 valence electrons. The van der Waals surface area contributed by atoms with Gasteiger partial charge in [0.15, 0.2) is 0 Å². The van der Waals surface area contributed by atoms with Crippen LogP contribution in [0.15, 0.2) is 47.4 Å². The first-order valence-corrected chi connectivity index (χ1v) is 8.95. The van der Waals surface area contributed by atoms with E-state index in [1.165, 1.54) is 24.0 Å². The smallest absolute Gasteiger partial charge is 0.269 e. The number of carbonyl (C=O) groups is 1. The Labute approximate surface area is 144 Å². The van der Waals surface area contributed by atoms with Crippen molar-refractivity contribution >= 4 is 33.0 Å². The number of nitrogens with one attached hydrogen (secondary N) is 1. The van der Waals surface area contributed by atoms with E-state index < -0.39 is 14.9 Å². The van der Waals surface area contributed by atoms with Crippen molar-refractivity contribution in [1.82, 2.24) is 0 Å². The van der Waals surface area contributed by atoms with Crippen LogP contribution in [0.1, 0.15) is 12.5 Å². The minimum Gasteiger partial charge on any atom is -0.310 e. The van der Waals surface area contributed by atoms with Gasteiger partial charge in [-0.15, -0.1) is 0 Å². The molecule has 0 saturated carbocycles. The van der Waals surface area contributed by atoms with Gasteiger partial charge in [-0.1, -0.05) is 12.1 Å². The summed E-state index contributed by atoms with van der Waals surface area (Å²) in [4.78, 5) is 23.3. The molecule has 2 aromatic carbocycles. The topological polar surface area (TPSA) is 110 Å². The third-order valence-corrected chi connectivity index (χ3v) is 5.36. The van der Waals surface area contributed by atoms with Gasteiger partial charge in [-0.2, -0.15) is 0 Å². The SMILES string of the molecule is CC(=O)N1CCc2cccc(NS(=O)(=O)c3ccc([N+](=O)[O-])cc3)c21. The molecule has 9 heteroatoms. The van der Waals surface area contributed by atoms with Gasteiger partial charge >= 0.3 is 0 Å². The predicted octanol–water partition coefficient (Wildman–Crippen LogP) is 2.30. The van der Waals surface area contributed by atoms with Crippen LogP contribution in [0, 0.1) is 10.1 Å². The van der Waals surface area contributed by atoms with Crippen molar-refractivity contribution in [3.8, 4) is 0 Å². The highest BCUT2D eigenvalue weighted by Crippen LogP contribution is 2.36. The highest BCUT2D eigenvalue weighted by atomic mass is 32.2. The monoisotopic (exact) mass is 361 g/mol. The number of nitro benzene ring substituents is 1. The van der Waals surface area contributed by atoms with Crippen LogP contribution in [0.3, 0.4) is 0 Å². The van der Waals surface area contributed by atoms with E-state index in [4.69, 9.17) is 0 Å². The fourth-order valence-corrected chi connectivity index (χ4v) is 3.87. The maximum absolute atomic E-state index is 12.6. The number of nitrogens with zero attached hydrogens (tertiary/aromatic N) is 2. The third kappa shape index (κ3) is 3.18. The number of hydrogen-bond donors (Lipinski definition) is 1. The van der Waals surface area contributed by atoms with Gasteiger partial charge < -0.3 is 4.90 Å². The lowest BCUT2D eigenvalue weighted by molar-refractivity contribution is -0.384. The molecule has 0 aromatic heterocycles. The second-order valence-corrected chi connectivity index (χ2v) is 7.27. The summed E-state index contributed by atoms with van der Waals surface area (Å²) in [5.41, 5.74) is 1.56. The quantitative estimate of drug-likeness (QED) is 0.664. The van der Waals surface area contributed by atoms with Crippen molar-refractivity contribution in [2.75, 3.05) is 16.2 Å². The molecule has 0 unspecified atom stereocenters. The Bertz CT molecular complexity index is 954. The van der Waals surface area contributed by atoms with Crippen LogP contribution >= 0.6 is 0 Å². The maximum Gasteiger partial charge on any atom is 0.269 e. The number of carbonyl (C=O) groups excluding carboxylic acids is 1. The van der Waals surface area contributed by atoms with Crippen molar-refractivity contribution in [2.24, 2.45) is 0 Å². The van der Waals surface area contributed by atoms with Crippen LogP contribution in [-0.4, -0.2) is 25.8 Å². The van der Waals surface area contributed by atoms with Crippen LogP contribution in [0.2, 0.25) is 0 Å². The van der Waals surface area contributed by atoms with E-state index in [9.17, 15) is 23.3 Å². The summed E-state index contributed by atoms with van der Waals surface area (Å²) in [6.45, 7) is 1.93. The molecular weight excluding hydrogens is 346 g/mol. The minimum atomic E-state index is -3.94. The molecule has 0 aliphatic carbocycles. The highest BCUT2D eigenvalue weighted by Gasteiger charge is 2.27. The number of para-hydroxylation sites is 1. The Morgan fingerprint density at radius 3 is 2.48 bits per heavy atom. The molecule has 25 heavy (non-hydrogen) atoms. The number of fused-ring (bicyclic) bond motifs is 1. The molecule has 1 aliphatic heterocycles. The van der Waals surface area contributed by atoms with E-state index in [1.807, 2.05) is 6.07 Å². The minimum absolute atomic E-state index is 0.0944. The summed E-state index contributed by atoms with van der Waals surface area (Å²) in [5.74, 6) is -0.166. The Balaban J connectivity index is 1.96.